The van der Waals surface area contributed by atoms with Crippen molar-refractivity contribution in [3.8, 4) is 0 Å². The Morgan fingerprint density at radius 1 is 1.35 bits per heavy atom. The fraction of sp³-hybridized carbons (Fsp3) is 0.500. The van der Waals surface area contributed by atoms with Crippen LogP contribution in [-0.4, -0.2) is 58.8 Å². The largest absolute Gasteiger partial charge is 0.396 e. The normalized spacial score (nSPS) is 26.1. The van der Waals surface area contributed by atoms with Crippen molar-refractivity contribution in [2.45, 2.75) is 19.9 Å². The molecule has 0 aliphatic carbocycles. The van der Waals surface area contributed by atoms with Crippen LogP contribution in [0.15, 0.2) is 40.9 Å². The van der Waals surface area contributed by atoms with Crippen molar-refractivity contribution in [1.82, 2.24) is 15.0 Å². The van der Waals surface area contributed by atoms with Crippen molar-refractivity contribution in [3.63, 3.8) is 0 Å². The molecule has 3 heterocycles. The predicted octanol–water partition coefficient (Wildman–Crippen LogP) is 1.94. The summed E-state index contributed by atoms with van der Waals surface area (Å²) in [5.74, 6) is 0.948. The Bertz CT molecular complexity index is 776. The van der Waals surface area contributed by atoms with Crippen LogP contribution in [0.1, 0.15) is 28.2 Å². The molecule has 2 saturated heterocycles. The summed E-state index contributed by atoms with van der Waals surface area (Å²) in [6.07, 6.45) is 0.911. The number of hydrogen-bond donors (Lipinski definition) is 1. The van der Waals surface area contributed by atoms with Crippen molar-refractivity contribution in [3.05, 3.63) is 53.4 Å². The number of aliphatic hydroxyl groups excluding tert-OH is 1. The molecule has 6 nitrogen and oxygen atoms in total. The van der Waals surface area contributed by atoms with Crippen LogP contribution in [0.4, 0.5) is 0 Å². The maximum Gasteiger partial charge on any atom is 0.276 e. The van der Waals surface area contributed by atoms with Crippen LogP contribution in [0.5, 0.6) is 0 Å². The van der Waals surface area contributed by atoms with Crippen LogP contribution in [0.3, 0.4) is 0 Å². The zero-order valence-corrected chi connectivity index (χ0v) is 15.1. The first-order valence-corrected chi connectivity index (χ1v) is 9.19. The number of fused-ring (bicyclic) bond motifs is 1. The van der Waals surface area contributed by atoms with E-state index in [0.717, 1.165) is 26.1 Å². The number of nitrogens with zero attached hydrogens (tertiary/aromatic N) is 3. The third-order valence-corrected chi connectivity index (χ3v) is 5.83. The smallest absolute Gasteiger partial charge is 0.276 e. The van der Waals surface area contributed by atoms with Gasteiger partial charge in [-0.2, -0.15) is 0 Å². The zero-order valence-electron chi connectivity index (χ0n) is 15.1. The summed E-state index contributed by atoms with van der Waals surface area (Å²) in [5, 5.41) is 14.1. The molecule has 2 fully saturated rings. The molecule has 0 unspecified atom stereocenters. The molecule has 138 valence electrons. The van der Waals surface area contributed by atoms with E-state index in [1.54, 1.807) is 13.0 Å². The summed E-state index contributed by atoms with van der Waals surface area (Å²) in [7, 11) is 0. The van der Waals surface area contributed by atoms with Gasteiger partial charge >= 0.3 is 0 Å². The maximum absolute atomic E-state index is 12.7. The Hall–Kier alpha value is -2.18. The van der Waals surface area contributed by atoms with Gasteiger partial charge in [-0.15, -0.1) is 0 Å². The molecule has 0 bridgehead atoms. The van der Waals surface area contributed by atoms with Gasteiger partial charge in [0.15, 0.2) is 5.69 Å². The third kappa shape index (κ3) is 3.15. The number of piperidine rings is 1. The zero-order chi connectivity index (χ0) is 18.1. The summed E-state index contributed by atoms with van der Waals surface area (Å²) >= 11 is 0. The van der Waals surface area contributed by atoms with Gasteiger partial charge in [0.05, 0.1) is 6.61 Å². The van der Waals surface area contributed by atoms with Gasteiger partial charge in [-0.3, -0.25) is 9.69 Å². The van der Waals surface area contributed by atoms with E-state index in [1.807, 2.05) is 11.0 Å². The van der Waals surface area contributed by atoms with Gasteiger partial charge in [0.1, 0.15) is 5.76 Å². The van der Waals surface area contributed by atoms with Crippen molar-refractivity contribution in [2.75, 3.05) is 32.8 Å². The molecule has 2 aliphatic heterocycles. The van der Waals surface area contributed by atoms with Crippen molar-refractivity contribution < 1.29 is 14.4 Å². The first-order valence-electron chi connectivity index (χ1n) is 9.19. The van der Waals surface area contributed by atoms with Gasteiger partial charge in [-0.05, 0) is 24.8 Å². The Balaban J connectivity index is 1.48. The van der Waals surface area contributed by atoms with Crippen LogP contribution in [0.25, 0.3) is 0 Å². The lowest BCUT2D eigenvalue weighted by atomic mass is 9.74. The fourth-order valence-electron chi connectivity index (χ4n) is 4.49. The monoisotopic (exact) mass is 355 g/mol. The van der Waals surface area contributed by atoms with Gasteiger partial charge < -0.3 is 14.5 Å². The van der Waals surface area contributed by atoms with E-state index < -0.39 is 0 Å². The second-order valence-corrected chi connectivity index (χ2v) is 7.71. The molecular formula is C20H25N3O3. The molecule has 1 aromatic heterocycles. The maximum atomic E-state index is 12.7. The molecule has 2 atom stereocenters. The summed E-state index contributed by atoms with van der Waals surface area (Å²) in [5.41, 5.74) is 1.39. The molecule has 1 aromatic carbocycles. The average molecular weight is 355 g/mol. The molecule has 2 aliphatic rings. The van der Waals surface area contributed by atoms with E-state index in [0.29, 0.717) is 30.5 Å². The molecular weight excluding hydrogens is 330 g/mol. The highest BCUT2D eigenvalue weighted by atomic mass is 16.5. The first-order chi connectivity index (χ1) is 12.6. The second-order valence-electron chi connectivity index (χ2n) is 7.71. The highest BCUT2D eigenvalue weighted by molar-refractivity contribution is 5.92. The van der Waals surface area contributed by atoms with Crippen LogP contribution in [-0.2, 0) is 6.54 Å². The van der Waals surface area contributed by atoms with Gasteiger partial charge in [0.25, 0.3) is 5.91 Å². The minimum Gasteiger partial charge on any atom is -0.396 e. The quantitative estimate of drug-likeness (QED) is 0.908. The molecule has 0 saturated carbocycles. The predicted molar refractivity (Wildman–Crippen MR) is 96.5 cm³/mol. The molecule has 0 spiro atoms. The van der Waals surface area contributed by atoms with Crippen LogP contribution in [0.2, 0.25) is 0 Å². The van der Waals surface area contributed by atoms with Crippen LogP contribution < -0.4 is 0 Å². The van der Waals surface area contributed by atoms with E-state index in [4.69, 9.17) is 4.52 Å². The molecule has 4 rings (SSSR count). The Labute approximate surface area is 153 Å². The third-order valence-electron chi connectivity index (χ3n) is 5.83. The SMILES string of the molecule is Cc1cc(C(=O)N2CC[C@H]3CN(Cc4ccccc4)C[C@@]3(CO)C2)no1. The van der Waals surface area contributed by atoms with Crippen molar-refractivity contribution >= 4 is 5.91 Å². The highest BCUT2D eigenvalue weighted by Crippen LogP contribution is 2.42. The Morgan fingerprint density at radius 2 is 2.15 bits per heavy atom. The standard InChI is InChI=1S/C20H25N3O3/c1-15-9-18(21-26-15)19(25)23-8-7-17-11-22(12-20(17,13-23)14-24)10-16-5-3-2-4-6-16/h2-6,9,17,24H,7-8,10-14H2,1H3/t17-,20-/m0/s1. The molecule has 1 N–H and O–H groups in total. The van der Waals surface area contributed by atoms with E-state index >= 15 is 0 Å². The van der Waals surface area contributed by atoms with Gasteiger partial charge in [-0.25, -0.2) is 0 Å². The summed E-state index contributed by atoms with van der Waals surface area (Å²) in [4.78, 5) is 17.0. The number of hydrogen-bond acceptors (Lipinski definition) is 5. The summed E-state index contributed by atoms with van der Waals surface area (Å²) < 4.78 is 5.04. The number of benzene rings is 1. The molecule has 0 radical (unpaired) electrons. The lowest BCUT2D eigenvalue weighted by molar-refractivity contribution is 0.0113. The number of aryl methyl sites for hydroxylation is 1. The minimum atomic E-state index is -0.249. The lowest BCUT2D eigenvalue weighted by Crippen LogP contribution is -2.52. The van der Waals surface area contributed by atoms with Crippen LogP contribution in [0, 0.1) is 18.3 Å². The Morgan fingerprint density at radius 3 is 2.85 bits per heavy atom. The molecule has 6 heteroatoms. The van der Waals surface area contributed by atoms with E-state index in [-0.39, 0.29) is 17.9 Å². The molecule has 26 heavy (non-hydrogen) atoms. The Kier molecular flexibility index (Phi) is 4.54. The van der Waals surface area contributed by atoms with Gasteiger partial charge in [-0.1, -0.05) is 35.5 Å². The molecule has 1 amide bonds. The highest BCUT2D eigenvalue weighted by Gasteiger charge is 2.50. The summed E-state index contributed by atoms with van der Waals surface area (Å²) in [6, 6.07) is 12.1. The topological polar surface area (TPSA) is 69.8 Å². The number of carbonyl (C=O) groups excluding carboxylic acids is 1. The number of likely N-dealkylation sites (tertiary alicyclic amines) is 2. The van der Waals surface area contributed by atoms with Gasteiger partial charge in [0.2, 0.25) is 0 Å². The van der Waals surface area contributed by atoms with E-state index in [2.05, 4.69) is 34.3 Å². The second kappa shape index (κ2) is 6.85. The van der Waals surface area contributed by atoms with Crippen molar-refractivity contribution in [1.29, 1.82) is 0 Å². The number of aromatic nitrogens is 1. The lowest BCUT2D eigenvalue weighted by Gasteiger charge is -2.43. The summed E-state index contributed by atoms with van der Waals surface area (Å²) in [6.45, 7) is 5.83. The minimum absolute atomic E-state index is 0.102. The van der Waals surface area contributed by atoms with E-state index in [1.165, 1.54) is 5.56 Å². The van der Waals surface area contributed by atoms with Gasteiger partial charge in [0, 0.05) is 44.2 Å². The molecule has 2 aromatic rings. The fourth-order valence-corrected chi connectivity index (χ4v) is 4.49. The van der Waals surface area contributed by atoms with Crippen LogP contribution >= 0.6 is 0 Å². The average Bonchev–Trinajstić information content (AvgIpc) is 3.25. The van der Waals surface area contributed by atoms with Crippen molar-refractivity contribution in [2.24, 2.45) is 11.3 Å². The number of rotatable bonds is 4. The number of carbonyl (C=O) groups is 1. The number of amides is 1. The number of aliphatic hydroxyl groups is 1. The first kappa shape index (κ1) is 17.2. The van der Waals surface area contributed by atoms with E-state index in [9.17, 15) is 9.90 Å².